The van der Waals surface area contributed by atoms with Crippen molar-refractivity contribution in [1.82, 2.24) is 0 Å². The summed E-state index contributed by atoms with van der Waals surface area (Å²) < 4.78 is 13.1. The van der Waals surface area contributed by atoms with Gasteiger partial charge in [-0.25, -0.2) is 4.39 Å². The molecule has 0 aromatic heterocycles. The molecule has 0 heterocycles. The molecule has 0 aliphatic rings. The maximum absolute atomic E-state index is 13.1. The zero-order valence-electron chi connectivity index (χ0n) is 11.5. The molecule has 0 saturated heterocycles. The SMILES string of the molecule is Cc1ccc(F)cc1CC(=O)CN=CC(C)(C)C. The lowest BCUT2D eigenvalue weighted by Crippen LogP contribution is -2.11. The van der Waals surface area contributed by atoms with Crippen molar-refractivity contribution in [1.29, 1.82) is 0 Å². The first-order valence-electron chi connectivity index (χ1n) is 6.05. The molecule has 3 heteroatoms. The fourth-order valence-electron chi connectivity index (χ4n) is 1.52. The van der Waals surface area contributed by atoms with E-state index in [0.29, 0.717) is 0 Å². The summed E-state index contributed by atoms with van der Waals surface area (Å²) in [4.78, 5) is 15.8. The van der Waals surface area contributed by atoms with Crippen molar-refractivity contribution in [3.8, 4) is 0 Å². The molecule has 0 spiro atoms. The van der Waals surface area contributed by atoms with Gasteiger partial charge < -0.3 is 0 Å². The smallest absolute Gasteiger partial charge is 0.158 e. The van der Waals surface area contributed by atoms with Crippen LogP contribution in [0.2, 0.25) is 0 Å². The maximum atomic E-state index is 13.1. The number of carbonyl (C=O) groups excluding carboxylic acids is 1. The molecule has 0 radical (unpaired) electrons. The van der Waals surface area contributed by atoms with E-state index in [1.165, 1.54) is 12.1 Å². The number of aryl methyl sites for hydroxylation is 1. The van der Waals surface area contributed by atoms with Gasteiger partial charge in [0.05, 0.1) is 6.54 Å². The average Bonchev–Trinajstić information content (AvgIpc) is 2.21. The van der Waals surface area contributed by atoms with Gasteiger partial charge in [0.15, 0.2) is 5.78 Å². The van der Waals surface area contributed by atoms with Crippen molar-refractivity contribution < 1.29 is 9.18 Å². The molecular weight excluding hydrogens is 229 g/mol. The first-order chi connectivity index (χ1) is 8.28. The molecule has 0 N–H and O–H groups in total. The molecule has 0 bridgehead atoms. The van der Waals surface area contributed by atoms with Gasteiger partial charge in [-0.3, -0.25) is 9.79 Å². The van der Waals surface area contributed by atoms with Crippen molar-refractivity contribution in [2.45, 2.75) is 34.1 Å². The van der Waals surface area contributed by atoms with Gasteiger partial charge >= 0.3 is 0 Å². The van der Waals surface area contributed by atoms with Gasteiger partial charge in [0.1, 0.15) is 5.82 Å². The predicted octanol–water partition coefficient (Wildman–Crippen LogP) is 3.36. The number of aliphatic imine (C=N–C) groups is 1. The first kappa shape index (κ1) is 14.6. The van der Waals surface area contributed by atoms with E-state index < -0.39 is 0 Å². The molecular formula is C15H20FNO. The summed E-state index contributed by atoms with van der Waals surface area (Å²) in [6, 6.07) is 4.51. The van der Waals surface area contributed by atoms with Crippen molar-refractivity contribution in [3.05, 3.63) is 35.1 Å². The number of hydrogen-bond acceptors (Lipinski definition) is 2. The second-order valence-electron chi connectivity index (χ2n) is 5.62. The summed E-state index contributed by atoms with van der Waals surface area (Å²) in [5.41, 5.74) is 1.66. The van der Waals surface area contributed by atoms with E-state index in [9.17, 15) is 9.18 Å². The average molecular weight is 249 g/mol. The Bertz CT molecular complexity index is 458. The van der Waals surface area contributed by atoms with E-state index in [1.54, 1.807) is 12.3 Å². The lowest BCUT2D eigenvalue weighted by molar-refractivity contribution is -0.117. The molecule has 1 aromatic rings. The van der Waals surface area contributed by atoms with Crippen LogP contribution < -0.4 is 0 Å². The van der Waals surface area contributed by atoms with Crippen molar-refractivity contribution in [3.63, 3.8) is 0 Å². The van der Waals surface area contributed by atoms with Crippen LogP contribution in [0, 0.1) is 18.2 Å². The zero-order chi connectivity index (χ0) is 13.8. The van der Waals surface area contributed by atoms with E-state index in [0.717, 1.165) is 11.1 Å². The summed E-state index contributed by atoms with van der Waals surface area (Å²) in [5.74, 6) is -0.300. The highest BCUT2D eigenvalue weighted by Crippen LogP contribution is 2.12. The van der Waals surface area contributed by atoms with Gasteiger partial charge in [-0.2, -0.15) is 0 Å². The monoisotopic (exact) mass is 249 g/mol. The fourth-order valence-corrected chi connectivity index (χ4v) is 1.52. The van der Waals surface area contributed by atoms with Crippen molar-refractivity contribution >= 4 is 12.0 Å². The Morgan fingerprint density at radius 1 is 1.39 bits per heavy atom. The largest absolute Gasteiger partial charge is 0.297 e. The minimum Gasteiger partial charge on any atom is -0.297 e. The highest BCUT2D eigenvalue weighted by atomic mass is 19.1. The minimum atomic E-state index is -0.304. The summed E-state index contributed by atoms with van der Waals surface area (Å²) in [6.07, 6.45) is 2.02. The minimum absolute atomic E-state index is 0.00389. The van der Waals surface area contributed by atoms with E-state index in [1.807, 2.05) is 27.7 Å². The number of Topliss-reactive ketones (excluding diaryl/α,β-unsaturated/α-hetero) is 1. The lowest BCUT2D eigenvalue weighted by atomic mass is 9.99. The van der Waals surface area contributed by atoms with E-state index >= 15 is 0 Å². The van der Waals surface area contributed by atoms with E-state index in [-0.39, 0.29) is 30.0 Å². The molecule has 0 saturated carbocycles. The number of benzene rings is 1. The normalized spacial score (nSPS) is 12.1. The highest BCUT2D eigenvalue weighted by molar-refractivity contribution is 5.84. The Kier molecular flexibility index (Phi) is 4.76. The molecule has 98 valence electrons. The summed E-state index contributed by atoms with van der Waals surface area (Å²) in [5, 5.41) is 0. The van der Waals surface area contributed by atoms with Gasteiger partial charge in [0.25, 0.3) is 0 Å². The van der Waals surface area contributed by atoms with Crippen LogP contribution >= 0.6 is 0 Å². The van der Waals surface area contributed by atoms with Crippen LogP contribution in [0.15, 0.2) is 23.2 Å². The number of halogens is 1. The Morgan fingerprint density at radius 3 is 2.67 bits per heavy atom. The number of ketones is 1. The van der Waals surface area contributed by atoms with Crippen molar-refractivity contribution in [2.24, 2.45) is 10.4 Å². The molecule has 0 aliphatic carbocycles. The van der Waals surface area contributed by atoms with Crippen LogP contribution in [-0.2, 0) is 11.2 Å². The van der Waals surface area contributed by atoms with Crippen LogP contribution in [0.3, 0.4) is 0 Å². The number of nitrogens with zero attached hydrogens (tertiary/aromatic N) is 1. The van der Waals surface area contributed by atoms with Gasteiger partial charge in [-0.05, 0) is 35.6 Å². The lowest BCUT2D eigenvalue weighted by Gasteiger charge is -2.09. The first-order valence-corrected chi connectivity index (χ1v) is 6.05. The van der Waals surface area contributed by atoms with Crippen LogP contribution in [0.1, 0.15) is 31.9 Å². The number of carbonyl (C=O) groups is 1. The van der Waals surface area contributed by atoms with E-state index in [4.69, 9.17) is 0 Å². The number of rotatable bonds is 4. The van der Waals surface area contributed by atoms with Gasteiger partial charge in [-0.15, -0.1) is 0 Å². The highest BCUT2D eigenvalue weighted by Gasteiger charge is 2.08. The number of hydrogen-bond donors (Lipinski definition) is 0. The van der Waals surface area contributed by atoms with Gasteiger partial charge in [-0.1, -0.05) is 26.8 Å². The van der Waals surface area contributed by atoms with Gasteiger partial charge in [0, 0.05) is 12.6 Å². The summed E-state index contributed by atoms with van der Waals surface area (Å²) in [6.45, 7) is 8.11. The fraction of sp³-hybridized carbons (Fsp3) is 0.467. The van der Waals surface area contributed by atoms with E-state index in [2.05, 4.69) is 4.99 Å². The molecule has 0 amide bonds. The second-order valence-corrected chi connectivity index (χ2v) is 5.62. The molecule has 0 unspecified atom stereocenters. The van der Waals surface area contributed by atoms with Gasteiger partial charge in [0.2, 0.25) is 0 Å². The molecule has 0 fully saturated rings. The standard InChI is InChI=1S/C15H20FNO/c1-11-5-6-13(16)7-12(11)8-14(18)9-17-10-15(2,3)4/h5-7,10H,8-9H2,1-4H3. The third-order valence-corrected chi connectivity index (χ3v) is 2.45. The third-order valence-electron chi connectivity index (χ3n) is 2.45. The molecule has 1 rings (SSSR count). The Morgan fingerprint density at radius 2 is 2.06 bits per heavy atom. The quantitative estimate of drug-likeness (QED) is 0.752. The predicted molar refractivity (Wildman–Crippen MR) is 72.7 cm³/mol. The molecule has 18 heavy (non-hydrogen) atoms. The van der Waals surface area contributed by atoms with Crippen LogP contribution in [0.4, 0.5) is 4.39 Å². The molecule has 2 nitrogen and oxygen atoms in total. The zero-order valence-corrected chi connectivity index (χ0v) is 11.5. The molecule has 1 aromatic carbocycles. The Balaban J connectivity index is 2.60. The van der Waals surface area contributed by atoms with Crippen LogP contribution in [0.5, 0.6) is 0 Å². The Labute approximate surface area is 108 Å². The van der Waals surface area contributed by atoms with Crippen molar-refractivity contribution in [2.75, 3.05) is 6.54 Å². The third kappa shape index (κ3) is 5.21. The molecule has 0 aliphatic heterocycles. The summed E-state index contributed by atoms with van der Waals surface area (Å²) in [7, 11) is 0. The van der Waals surface area contributed by atoms with Crippen LogP contribution in [0.25, 0.3) is 0 Å². The second kappa shape index (κ2) is 5.89. The van der Waals surface area contributed by atoms with Crippen LogP contribution in [-0.4, -0.2) is 18.5 Å². The summed E-state index contributed by atoms with van der Waals surface area (Å²) >= 11 is 0. The molecule has 0 atom stereocenters. The maximum Gasteiger partial charge on any atom is 0.158 e. The topological polar surface area (TPSA) is 29.4 Å². The Hall–Kier alpha value is -1.51.